The predicted molar refractivity (Wildman–Crippen MR) is 44.3 cm³/mol. The first-order valence-electron chi connectivity index (χ1n) is 3.82. The Kier molecular flexibility index (Phi) is 1.59. The monoisotopic (exact) mass is 161 g/mol. The smallest absolute Gasteiger partial charge is 0.137 e. The molecule has 12 heavy (non-hydrogen) atoms. The van der Waals surface area contributed by atoms with Crippen LogP contribution in [0, 0.1) is 6.92 Å². The fourth-order valence-electron chi connectivity index (χ4n) is 1.23. The molecular formula is C9H9N2O. The molecular weight excluding hydrogens is 152 g/mol. The van der Waals surface area contributed by atoms with E-state index in [1.807, 2.05) is 29.7 Å². The predicted octanol–water partition coefficient (Wildman–Crippen LogP) is 1.57. The maximum atomic E-state index is 10.5. The van der Waals surface area contributed by atoms with Crippen LogP contribution in [0.5, 0.6) is 0 Å². The third-order valence-electron chi connectivity index (χ3n) is 1.80. The topological polar surface area (TPSA) is 37.2 Å². The first-order valence-corrected chi connectivity index (χ1v) is 3.82. The van der Waals surface area contributed by atoms with Crippen LogP contribution in [0.4, 0.5) is 0 Å². The summed E-state index contributed by atoms with van der Waals surface area (Å²) in [7, 11) is 0. The molecule has 0 saturated heterocycles. The van der Waals surface area contributed by atoms with Crippen molar-refractivity contribution in [2.45, 2.75) is 13.5 Å². The number of nitrogens with zero attached hydrogens (tertiary/aromatic N) is 2. The Labute approximate surface area is 70.3 Å². The molecule has 0 bridgehead atoms. The van der Waals surface area contributed by atoms with Crippen LogP contribution >= 0.6 is 0 Å². The van der Waals surface area contributed by atoms with Gasteiger partial charge in [0.25, 0.3) is 0 Å². The number of imidazole rings is 1. The molecule has 3 heteroatoms. The summed E-state index contributed by atoms with van der Waals surface area (Å²) in [4.78, 5) is 4.12. The summed E-state index contributed by atoms with van der Waals surface area (Å²) >= 11 is 0. The number of aromatic nitrogens is 2. The van der Waals surface area contributed by atoms with Crippen LogP contribution in [0.15, 0.2) is 24.5 Å². The van der Waals surface area contributed by atoms with Crippen molar-refractivity contribution in [3.05, 3.63) is 35.8 Å². The van der Waals surface area contributed by atoms with Crippen LogP contribution in [0.1, 0.15) is 11.3 Å². The Balaban J connectivity index is 2.67. The van der Waals surface area contributed by atoms with Gasteiger partial charge in [-0.25, -0.2) is 10.1 Å². The summed E-state index contributed by atoms with van der Waals surface area (Å²) in [5, 5.41) is 10.5. The van der Waals surface area contributed by atoms with Crippen molar-refractivity contribution in [1.82, 2.24) is 9.38 Å². The van der Waals surface area contributed by atoms with E-state index in [4.69, 9.17) is 0 Å². The molecule has 0 saturated carbocycles. The molecule has 2 heterocycles. The van der Waals surface area contributed by atoms with Crippen LogP contribution in [0.3, 0.4) is 0 Å². The number of pyridine rings is 1. The second kappa shape index (κ2) is 2.60. The molecule has 1 radical (unpaired) electrons. The van der Waals surface area contributed by atoms with Gasteiger partial charge in [-0.15, -0.1) is 0 Å². The van der Waals surface area contributed by atoms with Gasteiger partial charge in [0.2, 0.25) is 0 Å². The largest absolute Gasteiger partial charge is 0.306 e. The summed E-state index contributed by atoms with van der Waals surface area (Å²) < 4.78 is 1.88. The summed E-state index contributed by atoms with van der Waals surface area (Å²) in [6.07, 6.45) is 3.73. The fraction of sp³-hybridized carbons (Fsp3) is 0.222. The molecule has 3 nitrogen and oxygen atoms in total. The van der Waals surface area contributed by atoms with Gasteiger partial charge < -0.3 is 4.40 Å². The lowest BCUT2D eigenvalue weighted by molar-refractivity contribution is 0.174. The lowest BCUT2D eigenvalue weighted by atomic mass is 10.3. The van der Waals surface area contributed by atoms with Crippen molar-refractivity contribution < 1.29 is 5.11 Å². The fourth-order valence-corrected chi connectivity index (χ4v) is 1.23. The van der Waals surface area contributed by atoms with E-state index >= 15 is 0 Å². The van der Waals surface area contributed by atoms with Gasteiger partial charge in [0.15, 0.2) is 0 Å². The molecule has 0 aliphatic heterocycles. The number of hydrogen-bond acceptors (Lipinski definition) is 1. The second-order valence-corrected chi connectivity index (χ2v) is 2.85. The Morgan fingerprint density at radius 2 is 2.25 bits per heavy atom. The quantitative estimate of drug-likeness (QED) is 0.625. The van der Waals surface area contributed by atoms with E-state index in [-0.39, 0.29) is 6.61 Å². The van der Waals surface area contributed by atoms with Crippen molar-refractivity contribution in [3.63, 3.8) is 0 Å². The molecule has 0 aliphatic carbocycles. The van der Waals surface area contributed by atoms with E-state index < -0.39 is 0 Å². The van der Waals surface area contributed by atoms with Gasteiger partial charge in [0.1, 0.15) is 12.3 Å². The van der Waals surface area contributed by atoms with Crippen molar-refractivity contribution in [3.8, 4) is 0 Å². The van der Waals surface area contributed by atoms with Crippen molar-refractivity contribution >= 4 is 5.65 Å². The molecule has 0 aromatic carbocycles. The molecule has 0 fully saturated rings. The lowest BCUT2D eigenvalue weighted by Crippen LogP contribution is -1.82. The van der Waals surface area contributed by atoms with E-state index in [0.29, 0.717) is 5.69 Å². The summed E-state index contributed by atoms with van der Waals surface area (Å²) in [5.41, 5.74) is 2.60. The highest BCUT2D eigenvalue weighted by Gasteiger charge is 1.99. The minimum absolute atomic E-state index is 0.249. The Morgan fingerprint density at radius 1 is 1.42 bits per heavy atom. The molecule has 0 amide bonds. The van der Waals surface area contributed by atoms with Gasteiger partial charge in [-0.05, 0) is 18.6 Å². The van der Waals surface area contributed by atoms with Crippen LogP contribution in [-0.4, -0.2) is 9.38 Å². The molecule has 2 rings (SSSR count). The number of hydrogen-bond donors (Lipinski definition) is 0. The van der Waals surface area contributed by atoms with Crippen LogP contribution in [-0.2, 0) is 11.7 Å². The minimum Gasteiger partial charge on any atom is -0.306 e. The summed E-state index contributed by atoms with van der Waals surface area (Å²) in [6.45, 7) is 1.76. The van der Waals surface area contributed by atoms with Gasteiger partial charge in [0.05, 0.1) is 5.69 Å². The zero-order valence-electron chi connectivity index (χ0n) is 6.82. The first-order chi connectivity index (χ1) is 5.79. The molecule has 2 aromatic rings. The van der Waals surface area contributed by atoms with Gasteiger partial charge in [-0.1, -0.05) is 6.07 Å². The van der Waals surface area contributed by atoms with Gasteiger partial charge in [-0.2, -0.15) is 0 Å². The Morgan fingerprint density at radius 3 is 3.00 bits per heavy atom. The Hall–Kier alpha value is -1.35. The maximum absolute atomic E-state index is 10.5. The van der Waals surface area contributed by atoms with E-state index in [1.54, 1.807) is 6.20 Å². The maximum Gasteiger partial charge on any atom is 0.137 e. The van der Waals surface area contributed by atoms with Crippen molar-refractivity contribution in [2.75, 3.05) is 0 Å². The lowest BCUT2D eigenvalue weighted by Gasteiger charge is -1.92. The zero-order valence-corrected chi connectivity index (χ0v) is 6.82. The van der Waals surface area contributed by atoms with E-state index in [9.17, 15) is 5.11 Å². The van der Waals surface area contributed by atoms with Crippen LogP contribution < -0.4 is 0 Å². The van der Waals surface area contributed by atoms with Gasteiger partial charge in [0, 0.05) is 12.4 Å². The van der Waals surface area contributed by atoms with Crippen LogP contribution in [0.25, 0.3) is 5.65 Å². The van der Waals surface area contributed by atoms with Crippen LogP contribution in [0.2, 0.25) is 0 Å². The van der Waals surface area contributed by atoms with Gasteiger partial charge >= 0.3 is 0 Å². The third-order valence-corrected chi connectivity index (χ3v) is 1.80. The SMILES string of the molecule is Cc1ccc2nc(C[O])cn2c1. The highest BCUT2D eigenvalue weighted by molar-refractivity contribution is 5.40. The van der Waals surface area contributed by atoms with Crippen molar-refractivity contribution in [2.24, 2.45) is 0 Å². The molecule has 0 unspecified atom stereocenters. The number of rotatable bonds is 1. The number of fused-ring (bicyclic) bond motifs is 1. The summed E-state index contributed by atoms with van der Waals surface area (Å²) in [5.74, 6) is 0. The molecule has 61 valence electrons. The number of aryl methyl sites for hydroxylation is 1. The normalized spacial score (nSPS) is 10.8. The zero-order chi connectivity index (χ0) is 8.55. The highest BCUT2D eigenvalue weighted by Crippen LogP contribution is 2.06. The first kappa shape index (κ1) is 7.31. The molecule has 0 atom stereocenters. The molecule has 2 aromatic heterocycles. The standard InChI is InChI=1S/C9H9N2O/c1-7-2-3-9-10-8(6-12)5-11(9)4-7/h2-5H,6H2,1H3. The van der Waals surface area contributed by atoms with Gasteiger partial charge in [-0.3, -0.25) is 0 Å². The molecule has 0 aliphatic rings. The van der Waals surface area contributed by atoms with E-state index in [1.165, 1.54) is 0 Å². The molecule has 0 spiro atoms. The van der Waals surface area contributed by atoms with Crippen molar-refractivity contribution in [1.29, 1.82) is 0 Å². The average molecular weight is 161 g/mol. The summed E-state index contributed by atoms with van der Waals surface area (Å²) in [6, 6.07) is 3.89. The van der Waals surface area contributed by atoms with E-state index in [0.717, 1.165) is 11.2 Å². The average Bonchev–Trinajstić information content (AvgIpc) is 2.46. The third kappa shape index (κ3) is 1.08. The Bertz CT molecular complexity index is 406. The van der Waals surface area contributed by atoms with E-state index in [2.05, 4.69) is 4.98 Å². The second-order valence-electron chi connectivity index (χ2n) is 2.85. The molecule has 0 N–H and O–H groups in total. The highest BCUT2D eigenvalue weighted by atomic mass is 16.3. The minimum atomic E-state index is -0.249.